The van der Waals surface area contributed by atoms with Gasteiger partial charge in [0.15, 0.2) is 9.84 Å². The number of ether oxygens (including phenoxy) is 4. The molecule has 21 heteroatoms. The van der Waals surface area contributed by atoms with E-state index in [0.717, 1.165) is 46.7 Å². The highest BCUT2D eigenvalue weighted by Gasteiger charge is 2.50. The Balaban J connectivity index is 0.00000141. The summed E-state index contributed by atoms with van der Waals surface area (Å²) in [5.74, 6) is -3.83. The first-order valence-electron chi connectivity index (χ1n) is 26.8. The largest absolute Gasteiger partial charge is 0.497 e. The number of sulfone groups is 1. The summed E-state index contributed by atoms with van der Waals surface area (Å²) in [5, 5.41) is 36.0. The normalized spacial score (nSPS) is 19.6. The van der Waals surface area contributed by atoms with Crippen LogP contribution in [-0.4, -0.2) is 126 Å². The second kappa shape index (κ2) is 29.2. The van der Waals surface area contributed by atoms with Crippen LogP contribution in [-0.2, 0) is 49.8 Å². The second-order valence-corrected chi connectivity index (χ2v) is 22.2. The van der Waals surface area contributed by atoms with Crippen molar-refractivity contribution in [2.45, 2.75) is 94.2 Å². The van der Waals surface area contributed by atoms with Crippen LogP contribution >= 0.6 is 0 Å². The smallest absolute Gasteiger partial charge is 0.490 e. The van der Waals surface area contributed by atoms with Crippen molar-refractivity contribution in [1.82, 2.24) is 5.32 Å². The van der Waals surface area contributed by atoms with Gasteiger partial charge in [0.2, 0.25) is 17.7 Å². The first-order valence-corrected chi connectivity index (χ1v) is 28.5. The van der Waals surface area contributed by atoms with Crippen LogP contribution in [0.1, 0.15) is 98.3 Å². The number of unbranched alkanes of at least 4 members (excludes halogenated alkanes) is 1. The number of anilines is 3. The molecule has 5 N–H and O–H groups in total. The van der Waals surface area contributed by atoms with Gasteiger partial charge in [0.25, 0.3) is 0 Å². The van der Waals surface area contributed by atoms with E-state index in [1.165, 1.54) is 0 Å². The minimum absolute atomic E-state index is 0.00779. The van der Waals surface area contributed by atoms with E-state index in [9.17, 15) is 46.2 Å². The average molecular weight is 1150 g/mol. The van der Waals surface area contributed by atoms with Gasteiger partial charge in [-0.15, -0.1) is 0 Å². The van der Waals surface area contributed by atoms with E-state index in [-0.39, 0.29) is 86.5 Å². The molecule has 6 atom stereocenters. The lowest BCUT2D eigenvalue weighted by Gasteiger charge is -2.48. The van der Waals surface area contributed by atoms with E-state index in [4.69, 9.17) is 28.8 Å². The number of nitrogens with one attached hydrogen (secondary N) is 2. The zero-order valence-electron chi connectivity index (χ0n) is 46.2. The summed E-state index contributed by atoms with van der Waals surface area (Å²) in [6, 6.07) is 37.0. The van der Waals surface area contributed by atoms with Crippen molar-refractivity contribution in [3.05, 3.63) is 149 Å². The highest BCUT2D eigenvalue weighted by atomic mass is 32.2. The molecule has 0 saturated carbocycles. The number of benzene rings is 5. The molecule has 6 unspecified atom stereocenters. The fourth-order valence-corrected chi connectivity index (χ4v) is 12.4. The van der Waals surface area contributed by atoms with Crippen LogP contribution in [0.15, 0.2) is 126 Å². The number of aliphatic hydroxyl groups excluding tert-OH is 2. The summed E-state index contributed by atoms with van der Waals surface area (Å²) in [5.41, 5.74) is 5.08. The number of hydrogen-bond donors (Lipinski definition) is 5. The maximum absolute atomic E-state index is 14.0. The van der Waals surface area contributed by atoms with Gasteiger partial charge in [-0.25, -0.2) is 13.2 Å². The maximum atomic E-state index is 14.0. The molecule has 1 fully saturated rings. The topological polar surface area (TPSA) is 231 Å². The number of carboxylic acids is 1. The summed E-state index contributed by atoms with van der Waals surface area (Å²) in [6.07, 6.45) is -3.06. The number of carboxylic acid groups (broad SMARTS) is 1. The van der Waals surface area contributed by atoms with Gasteiger partial charge in [0.05, 0.1) is 68.4 Å². The number of alkyl halides is 3. The van der Waals surface area contributed by atoms with Gasteiger partial charge in [-0.2, -0.15) is 13.2 Å². The number of aliphatic carboxylic acids is 1. The first kappa shape index (κ1) is 63.3. The van der Waals surface area contributed by atoms with Crippen molar-refractivity contribution in [3.8, 4) is 5.75 Å². The fourth-order valence-electron chi connectivity index (χ4n) is 10.2. The molecule has 81 heavy (non-hydrogen) atoms. The summed E-state index contributed by atoms with van der Waals surface area (Å²) in [6.45, 7) is 4.61. The number of aliphatic hydroxyl groups is 2. The Morgan fingerprint density at radius 3 is 2.07 bits per heavy atom. The number of nitrogens with zero attached hydrogens (tertiary/aromatic N) is 2. The Bertz CT molecular complexity index is 2990. The highest BCUT2D eigenvalue weighted by molar-refractivity contribution is 7.91. The minimum Gasteiger partial charge on any atom is -0.497 e. The molecule has 0 radical (unpaired) electrons. The lowest BCUT2D eigenvalue weighted by molar-refractivity contribution is -0.192. The van der Waals surface area contributed by atoms with Crippen LogP contribution < -0.4 is 25.2 Å². The summed E-state index contributed by atoms with van der Waals surface area (Å²) in [7, 11) is 1.65. The van der Waals surface area contributed by atoms with Crippen molar-refractivity contribution in [3.63, 3.8) is 0 Å². The minimum atomic E-state index is -5.08. The molecule has 2 heterocycles. The first-order chi connectivity index (χ1) is 38.6. The molecule has 3 amide bonds. The van der Waals surface area contributed by atoms with Crippen molar-refractivity contribution >= 4 is 50.6 Å². The van der Waals surface area contributed by atoms with Crippen molar-refractivity contribution in [2.75, 3.05) is 81.7 Å². The highest BCUT2D eigenvalue weighted by Crippen LogP contribution is 2.50. The molecule has 5 aromatic carbocycles. The van der Waals surface area contributed by atoms with Crippen molar-refractivity contribution < 1.29 is 75.0 Å². The predicted octanol–water partition coefficient (Wildman–Crippen LogP) is 8.78. The third kappa shape index (κ3) is 16.9. The SMILES string of the molecule is CCCCC1(CC)CS(=O)(=O)c2ccc(N(C)C)cc2C(c2cccc(NC(=O)COCCOCCOCC(=O)NCc3ccc(N4C(=O)C(CCC(O)c5ccccc5)C4c4ccc(OC)cc4)cc3)c2)C1O.O=C(O)C(F)(F)F. The zero-order valence-corrected chi connectivity index (χ0v) is 47.0. The molecular formula is C60H73F3N4O13S. The molecule has 17 nitrogen and oxygen atoms in total. The molecule has 2 aliphatic heterocycles. The molecule has 1 saturated heterocycles. The molecule has 0 aliphatic carbocycles. The second-order valence-electron chi connectivity index (χ2n) is 20.3. The number of carbonyl (C=O) groups is 4. The number of amides is 3. The van der Waals surface area contributed by atoms with E-state index in [2.05, 4.69) is 17.6 Å². The van der Waals surface area contributed by atoms with E-state index < -0.39 is 45.5 Å². The number of carbonyl (C=O) groups excluding carboxylic acids is 3. The van der Waals surface area contributed by atoms with Gasteiger partial charge in [-0.05, 0) is 108 Å². The molecule has 0 aromatic heterocycles. The van der Waals surface area contributed by atoms with Crippen LogP contribution in [0.25, 0.3) is 0 Å². The van der Waals surface area contributed by atoms with Crippen LogP contribution in [0.2, 0.25) is 0 Å². The standard InChI is InChI=1S/C58H72N4O11S.C2HF3O2/c1-6-8-29-58(7-2)39-74(68,69)51-28-23-46(61(3)4)35-49(51)54(56(58)66)43-15-12-16-44(34-43)60-53(65)38-73-33-31-71-30-32-72-37-52(64)59-36-40-17-21-45(22-18-40)62-55(42-19-24-47(70-5)25-20-42)48(57(62)67)26-27-50(63)41-13-10-9-11-14-41;3-2(4,5)1(6)7/h9-25,28,34-35,48,50,54-56,63,66H,6-8,26-27,29-33,36-39H2,1-5H3,(H,59,64)(H,60,65);(H,6,7). The molecule has 0 bridgehead atoms. The third-order valence-corrected chi connectivity index (χ3v) is 16.6. The Labute approximate surface area is 471 Å². The summed E-state index contributed by atoms with van der Waals surface area (Å²) in [4.78, 5) is 52.1. The molecule has 5 aromatic rings. The molecular weight excluding hydrogens is 1070 g/mol. The van der Waals surface area contributed by atoms with E-state index >= 15 is 0 Å². The van der Waals surface area contributed by atoms with E-state index in [1.54, 1.807) is 42.3 Å². The van der Waals surface area contributed by atoms with E-state index in [0.29, 0.717) is 42.5 Å². The summed E-state index contributed by atoms with van der Waals surface area (Å²) >= 11 is 0. The molecule has 0 spiro atoms. The summed E-state index contributed by atoms with van der Waals surface area (Å²) < 4.78 is 81.8. The number of methoxy groups -OCH3 is 1. The van der Waals surface area contributed by atoms with Gasteiger partial charge in [0, 0.05) is 49.0 Å². The zero-order chi connectivity index (χ0) is 58.9. The number of fused-ring (bicyclic) bond motifs is 1. The number of halogens is 3. The van der Waals surface area contributed by atoms with Crippen molar-refractivity contribution in [1.29, 1.82) is 0 Å². The average Bonchev–Trinajstić information content (AvgIpc) is 3.89. The lowest BCUT2D eigenvalue weighted by Crippen LogP contribution is -2.55. The Hall–Kier alpha value is -6.88. The van der Waals surface area contributed by atoms with Gasteiger partial charge in [-0.1, -0.05) is 93.4 Å². The quantitative estimate of drug-likeness (QED) is 0.0258. The molecule has 7 rings (SSSR count). The van der Waals surface area contributed by atoms with Crippen LogP contribution in [0.5, 0.6) is 5.75 Å². The Morgan fingerprint density at radius 2 is 1.47 bits per heavy atom. The fraction of sp³-hybridized carbons (Fsp3) is 0.433. The van der Waals surface area contributed by atoms with Gasteiger partial charge in [0.1, 0.15) is 19.0 Å². The maximum Gasteiger partial charge on any atom is 0.490 e. The Morgan fingerprint density at radius 1 is 0.827 bits per heavy atom. The Kier molecular flexibility index (Phi) is 22.8. The van der Waals surface area contributed by atoms with Crippen LogP contribution in [0.3, 0.4) is 0 Å². The van der Waals surface area contributed by atoms with Gasteiger partial charge in [-0.3, -0.25) is 14.4 Å². The van der Waals surface area contributed by atoms with E-state index in [1.807, 2.05) is 117 Å². The predicted molar refractivity (Wildman–Crippen MR) is 300 cm³/mol. The van der Waals surface area contributed by atoms with Gasteiger partial charge >= 0.3 is 12.1 Å². The molecule has 2 aliphatic rings. The monoisotopic (exact) mass is 1150 g/mol. The number of β-lactam (4-membered cyclic amide) rings is 1. The van der Waals surface area contributed by atoms with Gasteiger partial charge < -0.3 is 54.7 Å². The number of rotatable bonds is 26. The van der Waals surface area contributed by atoms with Crippen molar-refractivity contribution in [2.24, 2.45) is 11.3 Å². The lowest BCUT2D eigenvalue weighted by atomic mass is 9.69. The molecule has 438 valence electrons. The van der Waals surface area contributed by atoms with Crippen LogP contribution in [0, 0.1) is 11.3 Å². The van der Waals surface area contributed by atoms with Crippen LogP contribution in [0.4, 0.5) is 30.2 Å². The third-order valence-electron chi connectivity index (χ3n) is 14.6. The number of hydrogen-bond acceptors (Lipinski definition) is 13.